The van der Waals surface area contributed by atoms with Crippen molar-refractivity contribution in [3.8, 4) is 0 Å². The van der Waals surface area contributed by atoms with Gasteiger partial charge < -0.3 is 10.1 Å². The zero-order valence-corrected chi connectivity index (χ0v) is 11.6. The number of nitrogens with one attached hydrogen (secondary N) is 1. The van der Waals surface area contributed by atoms with Crippen molar-refractivity contribution < 1.29 is 4.74 Å². The molecule has 0 aliphatic carbocycles. The molecule has 3 heteroatoms. The fourth-order valence-electron chi connectivity index (χ4n) is 2.77. The summed E-state index contributed by atoms with van der Waals surface area (Å²) in [5.74, 6) is 0.782. The highest BCUT2D eigenvalue weighted by atomic mass is 31.1. The Kier molecular flexibility index (Phi) is 5.52. The lowest BCUT2D eigenvalue weighted by Gasteiger charge is -2.35. The SMILES string of the molecule is CCC[C@H]1NCC(CC)(COC)P1CC. The number of methoxy groups -OCH3 is 1. The third-order valence-electron chi connectivity index (χ3n) is 3.63. The van der Waals surface area contributed by atoms with Crippen molar-refractivity contribution in [1.82, 2.24) is 5.32 Å². The van der Waals surface area contributed by atoms with Gasteiger partial charge in [-0.1, -0.05) is 35.1 Å². The number of hydrogen-bond acceptors (Lipinski definition) is 2. The normalized spacial score (nSPS) is 36.0. The Morgan fingerprint density at radius 2 is 2.13 bits per heavy atom. The van der Waals surface area contributed by atoms with Crippen molar-refractivity contribution >= 4 is 7.92 Å². The van der Waals surface area contributed by atoms with Crippen LogP contribution in [0.4, 0.5) is 0 Å². The van der Waals surface area contributed by atoms with Crippen LogP contribution in [0.2, 0.25) is 0 Å². The summed E-state index contributed by atoms with van der Waals surface area (Å²) in [5, 5.41) is 4.19. The molecule has 0 saturated carbocycles. The van der Waals surface area contributed by atoms with Gasteiger partial charge in [-0.25, -0.2) is 0 Å². The molecular weight excluding hydrogens is 205 g/mol. The molecule has 2 unspecified atom stereocenters. The van der Waals surface area contributed by atoms with E-state index in [1.165, 1.54) is 32.0 Å². The summed E-state index contributed by atoms with van der Waals surface area (Å²) in [6, 6.07) is 0. The Balaban J connectivity index is 2.72. The second kappa shape index (κ2) is 6.18. The van der Waals surface area contributed by atoms with Gasteiger partial charge in [0, 0.05) is 24.6 Å². The van der Waals surface area contributed by atoms with Crippen molar-refractivity contribution in [2.45, 2.75) is 51.0 Å². The molecule has 1 aliphatic heterocycles. The largest absolute Gasteiger partial charge is 0.384 e. The van der Waals surface area contributed by atoms with E-state index in [1.54, 1.807) is 0 Å². The Morgan fingerprint density at radius 3 is 2.60 bits per heavy atom. The fraction of sp³-hybridized carbons (Fsp3) is 1.00. The van der Waals surface area contributed by atoms with Gasteiger partial charge in [0.15, 0.2) is 0 Å². The van der Waals surface area contributed by atoms with Crippen LogP contribution >= 0.6 is 7.92 Å². The molecule has 1 heterocycles. The van der Waals surface area contributed by atoms with E-state index in [9.17, 15) is 0 Å². The van der Waals surface area contributed by atoms with Crippen LogP contribution in [0.15, 0.2) is 0 Å². The van der Waals surface area contributed by atoms with E-state index in [4.69, 9.17) is 4.74 Å². The zero-order chi connectivity index (χ0) is 11.3. The summed E-state index contributed by atoms with van der Waals surface area (Å²) in [6.45, 7) is 9.06. The van der Waals surface area contributed by atoms with Crippen molar-refractivity contribution in [2.75, 3.05) is 26.4 Å². The van der Waals surface area contributed by atoms with Crippen molar-refractivity contribution in [1.29, 1.82) is 0 Å². The predicted molar refractivity (Wildman–Crippen MR) is 69.1 cm³/mol. The highest BCUT2D eigenvalue weighted by Crippen LogP contribution is 2.59. The first-order chi connectivity index (χ1) is 7.24. The molecule has 0 bridgehead atoms. The van der Waals surface area contributed by atoms with E-state index in [1.807, 2.05) is 7.11 Å². The summed E-state index contributed by atoms with van der Waals surface area (Å²) in [5.41, 5.74) is 0. The Bertz CT molecular complexity index is 188. The molecule has 1 aliphatic rings. The topological polar surface area (TPSA) is 21.3 Å². The van der Waals surface area contributed by atoms with Crippen LogP contribution in [-0.4, -0.2) is 37.4 Å². The Morgan fingerprint density at radius 1 is 1.40 bits per heavy atom. The van der Waals surface area contributed by atoms with E-state index >= 15 is 0 Å². The van der Waals surface area contributed by atoms with E-state index in [0.29, 0.717) is 5.16 Å². The molecular formula is C12H26NOP. The minimum atomic E-state index is 0.0980. The van der Waals surface area contributed by atoms with Gasteiger partial charge in [0.05, 0.1) is 6.61 Å². The van der Waals surface area contributed by atoms with Crippen LogP contribution < -0.4 is 5.32 Å². The average Bonchev–Trinajstić information content (AvgIpc) is 2.58. The maximum atomic E-state index is 5.45. The molecule has 15 heavy (non-hydrogen) atoms. The van der Waals surface area contributed by atoms with Crippen molar-refractivity contribution in [3.05, 3.63) is 0 Å². The molecule has 0 amide bonds. The average molecular weight is 231 g/mol. The molecule has 0 aromatic heterocycles. The van der Waals surface area contributed by atoms with Crippen molar-refractivity contribution in [2.24, 2.45) is 0 Å². The lowest BCUT2D eigenvalue weighted by molar-refractivity contribution is 0.166. The van der Waals surface area contributed by atoms with Crippen LogP contribution in [0.25, 0.3) is 0 Å². The van der Waals surface area contributed by atoms with Crippen LogP contribution in [-0.2, 0) is 4.74 Å². The smallest absolute Gasteiger partial charge is 0.0570 e. The first kappa shape index (κ1) is 13.4. The van der Waals surface area contributed by atoms with Gasteiger partial charge in [0.25, 0.3) is 0 Å². The lowest BCUT2D eigenvalue weighted by Crippen LogP contribution is -2.34. The van der Waals surface area contributed by atoms with E-state index in [0.717, 1.165) is 12.4 Å². The second-order valence-electron chi connectivity index (χ2n) is 4.48. The third kappa shape index (κ3) is 2.72. The molecule has 1 rings (SSSR count). The standard InChI is InChI=1S/C12H26NOP/c1-5-8-11-13-9-12(6-2,10-14-4)15(11)7-3/h11,13H,5-10H2,1-4H3/t11-,12?,15?/m0/s1. The van der Waals surface area contributed by atoms with Gasteiger partial charge in [0.1, 0.15) is 0 Å². The first-order valence-corrected chi connectivity index (χ1v) is 7.82. The van der Waals surface area contributed by atoms with Gasteiger partial charge in [-0.3, -0.25) is 0 Å². The van der Waals surface area contributed by atoms with Gasteiger partial charge >= 0.3 is 0 Å². The van der Waals surface area contributed by atoms with Crippen LogP contribution in [0.5, 0.6) is 0 Å². The zero-order valence-electron chi connectivity index (χ0n) is 10.7. The third-order valence-corrected chi connectivity index (χ3v) is 7.32. The molecule has 0 aromatic carbocycles. The van der Waals surface area contributed by atoms with Crippen molar-refractivity contribution in [3.63, 3.8) is 0 Å². The van der Waals surface area contributed by atoms with E-state index < -0.39 is 0 Å². The molecule has 1 N–H and O–H groups in total. The number of hydrogen-bond donors (Lipinski definition) is 1. The predicted octanol–water partition coefficient (Wildman–Crippen LogP) is 3.01. The van der Waals surface area contributed by atoms with Gasteiger partial charge in [-0.2, -0.15) is 0 Å². The van der Waals surface area contributed by atoms with Crippen LogP contribution in [0, 0.1) is 0 Å². The summed E-state index contributed by atoms with van der Waals surface area (Å²) in [7, 11) is 1.94. The molecule has 0 aromatic rings. The van der Waals surface area contributed by atoms with Crippen LogP contribution in [0.1, 0.15) is 40.0 Å². The van der Waals surface area contributed by atoms with Crippen LogP contribution in [0.3, 0.4) is 0 Å². The molecule has 90 valence electrons. The number of ether oxygens (including phenoxy) is 1. The quantitative estimate of drug-likeness (QED) is 0.709. The first-order valence-electron chi connectivity index (χ1n) is 6.23. The number of rotatable bonds is 6. The fourth-order valence-corrected chi connectivity index (χ4v) is 6.42. The summed E-state index contributed by atoms with van der Waals surface area (Å²) in [4.78, 5) is 0. The summed E-state index contributed by atoms with van der Waals surface area (Å²) >= 11 is 0. The minimum Gasteiger partial charge on any atom is -0.384 e. The minimum absolute atomic E-state index is 0.0980. The maximum Gasteiger partial charge on any atom is 0.0570 e. The Hall–Kier alpha value is 0.350. The highest BCUT2D eigenvalue weighted by Gasteiger charge is 2.45. The molecule has 2 nitrogen and oxygen atoms in total. The van der Waals surface area contributed by atoms with E-state index in [2.05, 4.69) is 26.1 Å². The summed E-state index contributed by atoms with van der Waals surface area (Å²) in [6.07, 6.45) is 5.23. The molecule has 3 atom stereocenters. The van der Waals surface area contributed by atoms with Gasteiger partial charge in [-0.15, -0.1) is 0 Å². The second-order valence-corrected chi connectivity index (χ2v) is 7.63. The molecule has 1 fully saturated rings. The Labute approximate surface area is 95.9 Å². The van der Waals surface area contributed by atoms with Gasteiger partial charge in [-0.05, 0) is 19.0 Å². The van der Waals surface area contributed by atoms with E-state index in [-0.39, 0.29) is 7.92 Å². The molecule has 0 spiro atoms. The summed E-state index contributed by atoms with van der Waals surface area (Å²) < 4.78 is 5.45. The highest BCUT2D eigenvalue weighted by molar-refractivity contribution is 7.60. The van der Waals surface area contributed by atoms with Gasteiger partial charge in [0.2, 0.25) is 0 Å². The molecule has 0 radical (unpaired) electrons. The molecule has 1 saturated heterocycles. The monoisotopic (exact) mass is 231 g/mol. The lowest BCUT2D eigenvalue weighted by atomic mass is 10.1. The maximum absolute atomic E-state index is 5.45.